The van der Waals surface area contributed by atoms with E-state index in [-0.39, 0.29) is 6.10 Å². The smallest absolute Gasteiger partial charge is 0.219 e. The molecule has 0 spiro atoms. The molecule has 0 aliphatic carbocycles. The minimum Gasteiger partial charge on any atom is -0.475 e. The molecule has 0 amide bonds. The summed E-state index contributed by atoms with van der Waals surface area (Å²) in [4.78, 5) is 8.73. The lowest BCUT2D eigenvalue weighted by Crippen LogP contribution is -2.15. The van der Waals surface area contributed by atoms with Crippen molar-refractivity contribution in [1.29, 1.82) is 0 Å². The molecule has 0 aromatic carbocycles. The van der Waals surface area contributed by atoms with Crippen molar-refractivity contribution < 1.29 is 4.74 Å². The number of nitrogens with one attached hydrogen (secondary N) is 1. The van der Waals surface area contributed by atoms with E-state index in [4.69, 9.17) is 10.6 Å². The van der Waals surface area contributed by atoms with Crippen molar-refractivity contribution in [3.05, 3.63) is 11.9 Å². The number of ether oxygens (including phenoxy) is 1. The molecule has 1 aromatic heterocycles. The van der Waals surface area contributed by atoms with Crippen LogP contribution in [-0.2, 0) is 6.42 Å². The summed E-state index contributed by atoms with van der Waals surface area (Å²) in [5.74, 6) is 7.43. The van der Waals surface area contributed by atoms with Gasteiger partial charge in [-0.3, -0.25) is 0 Å². The van der Waals surface area contributed by atoms with E-state index in [2.05, 4.69) is 36.2 Å². The largest absolute Gasteiger partial charge is 0.475 e. The van der Waals surface area contributed by atoms with E-state index in [0.717, 1.165) is 25.1 Å². The van der Waals surface area contributed by atoms with E-state index in [1.54, 1.807) is 6.07 Å². The molecule has 1 atom stereocenters. The van der Waals surface area contributed by atoms with Crippen molar-refractivity contribution in [2.24, 2.45) is 5.84 Å². The Hall–Kier alpha value is -1.36. The van der Waals surface area contributed by atoms with Gasteiger partial charge in [-0.2, -0.15) is 4.98 Å². The molecule has 3 N–H and O–H groups in total. The Balaban J connectivity index is 2.54. The summed E-state index contributed by atoms with van der Waals surface area (Å²) in [6.07, 6.45) is 8.07. The standard InChI is InChI=1S/C15H28N4O/c1-4-6-7-8-10-12(3)20-15-11-14(19-16)17-13(18-15)9-5-2/h11-12H,4-10,16H2,1-3H3,(H,17,18,19). The molecule has 1 rings (SSSR count). The Morgan fingerprint density at radius 1 is 1.20 bits per heavy atom. The highest BCUT2D eigenvalue weighted by molar-refractivity contribution is 5.37. The van der Waals surface area contributed by atoms with E-state index in [1.807, 2.05) is 0 Å². The Morgan fingerprint density at radius 2 is 2.00 bits per heavy atom. The van der Waals surface area contributed by atoms with Crippen molar-refractivity contribution in [2.75, 3.05) is 5.43 Å². The molecule has 0 aliphatic rings. The summed E-state index contributed by atoms with van der Waals surface area (Å²) in [5, 5.41) is 0. The third kappa shape index (κ3) is 6.19. The maximum absolute atomic E-state index is 5.88. The van der Waals surface area contributed by atoms with Crippen LogP contribution in [0.15, 0.2) is 6.07 Å². The number of nitrogens with zero attached hydrogens (tertiary/aromatic N) is 2. The van der Waals surface area contributed by atoms with Crippen LogP contribution >= 0.6 is 0 Å². The number of anilines is 1. The number of rotatable bonds is 10. The summed E-state index contributed by atoms with van der Waals surface area (Å²) >= 11 is 0. The van der Waals surface area contributed by atoms with Crippen LogP contribution in [0.4, 0.5) is 5.82 Å². The van der Waals surface area contributed by atoms with Gasteiger partial charge in [-0.15, -0.1) is 0 Å². The molecule has 1 aromatic rings. The molecule has 0 fully saturated rings. The minimum atomic E-state index is 0.168. The molecule has 0 bridgehead atoms. The second kappa shape index (κ2) is 9.53. The Bertz CT molecular complexity index is 384. The molecule has 0 saturated carbocycles. The molecule has 0 aliphatic heterocycles. The van der Waals surface area contributed by atoms with Gasteiger partial charge in [0.15, 0.2) is 0 Å². The van der Waals surface area contributed by atoms with Gasteiger partial charge in [0.2, 0.25) is 5.88 Å². The zero-order chi connectivity index (χ0) is 14.8. The molecular weight excluding hydrogens is 252 g/mol. The zero-order valence-electron chi connectivity index (χ0n) is 13.0. The van der Waals surface area contributed by atoms with Gasteiger partial charge in [-0.25, -0.2) is 10.8 Å². The normalized spacial score (nSPS) is 12.2. The number of hydrazine groups is 1. The van der Waals surface area contributed by atoms with Crippen LogP contribution in [0.3, 0.4) is 0 Å². The van der Waals surface area contributed by atoms with Crippen molar-refractivity contribution >= 4 is 5.82 Å². The minimum absolute atomic E-state index is 0.168. The second-order valence-corrected chi connectivity index (χ2v) is 5.18. The fourth-order valence-corrected chi connectivity index (χ4v) is 2.07. The van der Waals surface area contributed by atoms with Gasteiger partial charge in [0, 0.05) is 12.5 Å². The molecule has 0 saturated heterocycles. The second-order valence-electron chi connectivity index (χ2n) is 5.18. The fourth-order valence-electron chi connectivity index (χ4n) is 2.07. The predicted molar refractivity (Wildman–Crippen MR) is 82.7 cm³/mol. The number of nitrogen functional groups attached to an aromatic ring is 1. The average Bonchev–Trinajstić information content (AvgIpc) is 2.43. The van der Waals surface area contributed by atoms with E-state index in [0.29, 0.717) is 11.7 Å². The van der Waals surface area contributed by atoms with E-state index in [9.17, 15) is 0 Å². The lowest BCUT2D eigenvalue weighted by molar-refractivity contribution is 0.197. The number of hydrogen-bond donors (Lipinski definition) is 2. The average molecular weight is 280 g/mol. The number of hydrogen-bond acceptors (Lipinski definition) is 5. The summed E-state index contributed by atoms with van der Waals surface area (Å²) < 4.78 is 5.88. The van der Waals surface area contributed by atoms with Crippen LogP contribution in [0, 0.1) is 0 Å². The van der Waals surface area contributed by atoms with Crippen molar-refractivity contribution in [1.82, 2.24) is 9.97 Å². The molecule has 114 valence electrons. The molecule has 1 heterocycles. The van der Waals surface area contributed by atoms with Crippen LogP contribution in [-0.4, -0.2) is 16.1 Å². The highest BCUT2D eigenvalue weighted by Gasteiger charge is 2.08. The van der Waals surface area contributed by atoms with Crippen LogP contribution in [0.25, 0.3) is 0 Å². The highest BCUT2D eigenvalue weighted by atomic mass is 16.5. The topological polar surface area (TPSA) is 73.1 Å². The van der Waals surface area contributed by atoms with Crippen LogP contribution in [0.5, 0.6) is 5.88 Å². The first kappa shape index (κ1) is 16.7. The van der Waals surface area contributed by atoms with E-state index < -0.39 is 0 Å². The summed E-state index contributed by atoms with van der Waals surface area (Å²) in [7, 11) is 0. The van der Waals surface area contributed by atoms with Crippen molar-refractivity contribution in [3.8, 4) is 5.88 Å². The third-order valence-corrected chi connectivity index (χ3v) is 3.16. The molecule has 20 heavy (non-hydrogen) atoms. The molecule has 0 radical (unpaired) electrons. The monoisotopic (exact) mass is 280 g/mol. The van der Waals surface area contributed by atoms with Gasteiger partial charge < -0.3 is 10.2 Å². The highest BCUT2D eigenvalue weighted by Crippen LogP contribution is 2.17. The maximum Gasteiger partial charge on any atom is 0.219 e. The van der Waals surface area contributed by atoms with Gasteiger partial charge in [0.05, 0.1) is 6.10 Å². The Morgan fingerprint density at radius 3 is 2.65 bits per heavy atom. The van der Waals surface area contributed by atoms with Gasteiger partial charge in [0.25, 0.3) is 0 Å². The SMILES string of the molecule is CCCCCCC(C)Oc1cc(NN)nc(CCC)n1. The quantitative estimate of drug-likeness (QED) is 0.390. The summed E-state index contributed by atoms with van der Waals surface area (Å²) in [5.41, 5.74) is 2.57. The van der Waals surface area contributed by atoms with E-state index in [1.165, 1.54) is 25.7 Å². The van der Waals surface area contributed by atoms with Gasteiger partial charge >= 0.3 is 0 Å². The molecule has 5 heteroatoms. The number of unbranched alkanes of at least 4 members (excludes halogenated alkanes) is 3. The Labute approximate surface area is 122 Å². The summed E-state index contributed by atoms with van der Waals surface area (Å²) in [6, 6.07) is 1.75. The van der Waals surface area contributed by atoms with E-state index >= 15 is 0 Å². The lowest BCUT2D eigenvalue weighted by Gasteiger charge is -2.15. The maximum atomic E-state index is 5.88. The first-order chi connectivity index (χ1) is 9.69. The summed E-state index contributed by atoms with van der Waals surface area (Å²) in [6.45, 7) is 6.41. The first-order valence-electron chi connectivity index (χ1n) is 7.70. The first-order valence-corrected chi connectivity index (χ1v) is 7.70. The molecule has 5 nitrogen and oxygen atoms in total. The van der Waals surface area contributed by atoms with Crippen LogP contribution < -0.4 is 16.0 Å². The molecule has 1 unspecified atom stereocenters. The van der Waals surface area contributed by atoms with Gasteiger partial charge in [-0.1, -0.05) is 33.1 Å². The van der Waals surface area contributed by atoms with Gasteiger partial charge in [-0.05, 0) is 26.2 Å². The predicted octanol–water partition coefficient (Wildman–Crippen LogP) is 3.45. The molecular formula is C15H28N4O. The zero-order valence-corrected chi connectivity index (χ0v) is 13.0. The number of aryl methyl sites for hydroxylation is 1. The van der Waals surface area contributed by atoms with Gasteiger partial charge in [0.1, 0.15) is 11.6 Å². The number of aromatic nitrogens is 2. The lowest BCUT2D eigenvalue weighted by atomic mass is 10.1. The van der Waals surface area contributed by atoms with Crippen molar-refractivity contribution in [3.63, 3.8) is 0 Å². The van der Waals surface area contributed by atoms with Crippen molar-refractivity contribution in [2.45, 2.75) is 71.8 Å². The van der Waals surface area contributed by atoms with Crippen LogP contribution in [0.2, 0.25) is 0 Å². The third-order valence-electron chi connectivity index (χ3n) is 3.16. The van der Waals surface area contributed by atoms with Crippen LogP contribution in [0.1, 0.15) is 65.1 Å². The fraction of sp³-hybridized carbons (Fsp3) is 0.733. The Kier molecular flexibility index (Phi) is 7.95. The number of nitrogens with two attached hydrogens (primary N) is 1.